The number of aliphatic hydroxyl groups is 1. The maximum atomic E-state index is 10.2. The molecular formula is C15H24O3. The molecule has 0 aliphatic rings. The molecule has 0 saturated heterocycles. The van der Waals surface area contributed by atoms with Crippen LogP contribution in [0, 0.1) is 0 Å². The van der Waals surface area contributed by atoms with Crippen molar-refractivity contribution in [2.75, 3.05) is 20.3 Å². The molecule has 0 bridgehead atoms. The van der Waals surface area contributed by atoms with Gasteiger partial charge in [0.1, 0.15) is 12.4 Å². The van der Waals surface area contributed by atoms with Crippen molar-refractivity contribution in [2.45, 2.75) is 38.7 Å². The summed E-state index contributed by atoms with van der Waals surface area (Å²) in [6.07, 6.45) is 3.72. The Bertz CT molecular complexity index is 325. The molecule has 0 saturated carbocycles. The molecule has 1 N–H and O–H groups in total. The summed E-state index contributed by atoms with van der Waals surface area (Å²) in [5.74, 6) is 0.763. The molecule has 0 heterocycles. The van der Waals surface area contributed by atoms with E-state index in [0.29, 0.717) is 13.2 Å². The summed E-state index contributed by atoms with van der Waals surface area (Å²) in [5.41, 5.74) is 0.879. The second-order valence-electron chi connectivity index (χ2n) is 4.39. The van der Waals surface area contributed by atoms with Gasteiger partial charge in [-0.2, -0.15) is 0 Å². The third kappa shape index (κ3) is 5.07. The van der Waals surface area contributed by atoms with Crippen LogP contribution < -0.4 is 4.74 Å². The number of rotatable bonds is 9. The lowest BCUT2D eigenvalue weighted by molar-refractivity contribution is 0.135. The monoisotopic (exact) mass is 252 g/mol. The zero-order valence-corrected chi connectivity index (χ0v) is 11.4. The fourth-order valence-electron chi connectivity index (χ4n) is 1.87. The minimum absolute atomic E-state index is 0.435. The number of para-hydroxylation sites is 1. The molecule has 0 aliphatic carbocycles. The molecule has 1 rings (SSSR count). The quantitative estimate of drug-likeness (QED) is 0.685. The van der Waals surface area contributed by atoms with Gasteiger partial charge in [-0.1, -0.05) is 44.4 Å². The molecule has 3 nitrogen and oxygen atoms in total. The van der Waals surface area contributed by atoms with E-state index in [9.17, 15) is 5.11 Å². The Morgan fingerprint density at radius 1 is 1.17 bits per heavy atom. The average Bonchev–Trinajstić information content (AvgIpc) is 2.40. The van der Waals surface area contributed by atoms with E-state index in [4.69, 9.17) is 9.47 Å². The summed E-state index contributed by atoms with van der Waals surface area (Å²) >= 11 is 0. The molecular weight excluding hydrogens is 228 g/mol. The molecule has 0 aliphatic heterocycles. The Morgan fingerprint density at radius 3 is 2.67 bits per heavy atom. The minimum atomic E-state index is -0.435. The third-order valence-corrected chi connectivity index (χ3v) is 2.90. The van der Waals surface area contributed by atoms with Crippen molar-refractivity contribution in [3.05, 3.63) is 29.8 Å². The number of methoxy groups -OCH3 is 1. The van der Waals surface area contributed by atoms with Gasteiger partial charge >= 0.3 is 0 Å². The number of hydrogen-bond donors (Lipinski definition) is 1. The lowest BCUT2D eigenvalue weighted by Gasteiger charge is -2.16. The smallest absolute Gasteiger partial charge is 0.125 e. The van der Waals surface area contributed by atoms with E-state index in [-0.39, 0.29) is 0 Å². The first kappa shape index (κ1) is 15.0. The van der Waals surface area contributed by atoms with Crippen LogP contribution in [0.25, 0.3) is 0 Å². The standard InChI is InChI=1S/C15H24O3/c1-3-4-5-9-14(16)13-8-6-7-10-15(13)18-12-11-17-2/h6-8,10,14,16H,3-5,9,11-12H2,1-2H3. The first-order valence-electron chi connectivity index (χ1n) is 6.68. The van der Waals surface area contributed by atoms with Gasteiger partial charge in [-0.15, -0.1) is 0 Å². The molecule has 1 atom stereocenters. The van der Waals surface area contributed by atoms with Gasteiger partial charge in [-0.05, 0) is 12.5 Å². The Morgan fingerprint density at radius 2 is 1.94 bits per heavy atom. The predicted molar refractivity (Wildman–Crippen MR) is 72.9 cm³/mol. The van der Waals surface area contributed by atoms with Crippen LogP contribution in [0.4, 0.5) is 0 Å². The van der Waals surface area contributed by atoms with Gasteiger partial charge in [-0.25, -0.2) is 0 Å². The van der Waals surface area contributed by atoms with E-state index in [2.05, 4.69) is 6.92 Å². The van der Waals surface area contributed by atoms with Crippen LogP contribution in [0.2, 0.25) is 0 Å². The van der Waals surface area contributed by atoms with Crippen molar-refractivity contribution in [2.24, 2.45) is 0 Å². The highest BCUT2D eigenvalue weighted by atomic mass is 16.5. The predicted octanol–water partition coefficient (Wildman–Crippen LogP) is 3.33. The largest absolute Gasteiger partial charge is 0.491 e. The molecule has 0 radical (unpaired) electrons. The molecule has 3 heteroatoms. The fraction of sp³-hybridized carbons (Fsp3) is 0.600. The van der Waals surface area contributed by atoms with Crippen LogP contribution in [0.15, 0.2) is 24.3 Å². The summed E-state index contributed by atoms with van der Waals surface area (Å²) in [6.45, 7) is 3.23. The van der Waals surface area contributed by atoms with Crippen LogP contribution in [0.3, 0.4) is 0 Å². The van der Waals surface area contributed by atoms with Crippen LogP contribution in [-0.2, 0) is 4.74 Å². The lowest BCUT2D eigenvalue weighted by atomic mass is 10.0. The van der Waals surface area contributed by atoms with E-state index >= 15 is 0 Å². The van der Waals surface area contributed by atoms with Gasteiger partial charge in [-0.3, -0.25) is 0 Å². The summed E-state index contributed by atoms with van der Waals surface area (Å²) in [6, 6.07) is 7.68. The maximum Gasteiger partial charge on any atom is 0.125 e. The number of hydrogen-bond acceptors (Lipinski definition) is 3. The highest BCUT2D eigenvalue weighted by Crippen LogP contribution is 2.28. The van der Waals surface area contributed by atoms with Crippen molar-refractivity contribution in [3.63, 3.8) is 0 Å². The highest BCUT2D eigenvalue weighted by molar-refractivity contribution is 5.35. The van der Waals surface area contributed by atoms with E-state index in [1.165, 1.54) is 6.42 Å². The van der Waals surface area contributed by atoms with Gasteiger partial charge in [0.15, 0.2) is 0 Å². The van der Waals surface area contributed by atoms with E-state index in [1.807, 2.05) is 24.3 Å². The molecule has 0 spiro atoms. The Kier molecular flexibility index (Phi) is 7.46. The van der Waals surface area contributed by atoms with E-state index in [0.717, 1.165) is 30.6 Å². The lowest BCUT2D eigenvalue weighted by Crippen LogP contribution is -2.07. The van der Waals surface area contributed by atoms with Crippen LogP contribution in [-0.4, -0.2) is 25.4 Å². The van der Waals surface area contributed by atoms with Crippen molar-refractivity contribution in [1.29, 1.82) is 0 Å². The normalized spacial score (nSPS) is 12.4. The summed E-state index contributed by atoms with van der Waals surface area (Å²) in [5, 5.41) is 10.2. The number of benzene rings is 1. The van der Waals surface area contributed by atoms with Crippen LogP contribution in [0.5, 0.6) is 5.75 Å². The molecule has 102 valence electrons. The zero-order chi connectivity index (χ0) is 13.2. The van der Waals surface area contributed by atoms with Gasteiger partial charge < -0.3 is 14.6 Å². The average molecular weight is 252 g/mol. The molecule has 1 aromatic rings. The summed E-state index contributed by atoms with van der Waals surface area (Å²) in [4.78, 5) is 0. The fourth-order valence-corrected chi connectivity index (χ4v) is 1.87. The molecule has 18 heavy (non-hydrogen) atoms. The van der Waals surface area contributed by atoms with Crippen molar-refractivity contribution in [1.82, 2.24) is 0 Å². The zero-order valence-electron chi connectivity index (χ0n) is 11.4. The SMILES string of the molecule is CCCCCC(O)c1ccccc1OCCOC. The number of unbranched alkanes of at least 4 members (excludes halogenated alkanes) is 2. The minimum Gasteiger partial charge on any atom is -0.491 e. The molecule has 0 aromatic heterocycles. The first-order valence-corrected chi connectivity index (χ1v) is 6.68. The third-order valence-electron chi connectivity index (χ3n) is 2.90. The van der Waals surface area contributed by atoms with Gasteiger partial charge in [0.05, 0.1) is 12.7 Å². The van der Waals surface area contributed by atoms with E-state index in [1.54, 1.807) is 7.11 Å². The Hall–Kier alpha value is -1.06. The second-order valence-corrected chi connectivity index (χ2v) is 4.39. The molecule has 0 fully saturated rings. The molecule has 1 aromatic carbocycles. The Labute approximate surface area is 110 Å². The van der Waals surface area contributed by atoms with Crippen molar-refractivity contribution >= 4 is 0 Å². The van der Waals surface area contributed by atoms with Crippen molar-refractivity contribution < 1.29 is 14.6 Å². The van der Waals surface area contributed by atoms with Crippen LogP contribution >= 0.6 is 0 Å². The maximum absolute atomic E-state index is 10.2. The second kappa shape index (κ2) is 8.95. The topological polar surface area (TPSA) is 38.7 Å². The number of ether oxygens (including phenoxy) is 2. The van der Waals surface area contributed by atoms with Crippen molar-refractivity contribution in [3.8, 4) is 5.75 Å². The summed E-state index contributed by atoms with van der Waals surface area (Å²) < 4.78 is 10.6. The van der Waals surface area contributed by atoms with Gasteiger partial charge in [0.25, 0.3) is 0 Å². The van der Waals surface area contributed by atoms with Gasteiger partial charge in [0.2, 0.25) is 0 Å². The molecule has 1 unspecified atom stereocenters. The number of aliphatic hydroxyl groups excluding tert-OH is 1. The summed E-state index contributed by atoms with van der Waals surface area (Å²) in [7, 11) is 1.65. The van der Waals surface area contributed by atoms with E-state index < -0.39 is 6.10 Å². The Balaban J connectivity index is 2.56. The van der Waals surface area contributed by atoms with Gasteiger partial charge in [0, 0.05) is 12.7 Å². The molecule has 0 amide bonds. The highest BCUT2D eigenvalue weighted by Gasteiger charge is 2.12. The first-order chi connectivity index (χ1) is 8.79. The van der Waals surface area contributed by atoms with Crippen LogP contribution in [0.1, 0.15) is 44.3 Å².